The number of hydrogen-bond acceptors (Lipinski definition) is 2. The molecular formula is C9H15N2O2. The Morgan fingerprint density at radius 1 is 1.31 bits per heavy atom. The number of hydrogen-bond donors (Lipinski definition) is 0. The zero-order valence-electron chi connectivity index (χ0n) is 7.71. The summed E-state index contributed by atoms with van der Waals surface area (Å²) in [6.45, 7) is 2.59. The molecule has 1 amide bonds. The van der Waals surface area contributed by atoms with Gasteiger partial charge in [-0.1, -0.05) is 0 Å². The molecule has 1 heterocycles. The van der Waals surface area contributed by atoms with Gasteiger partial charge in [-0.2, -0.15) is 0 Å². The summed E-state index contributed by atoms with van der Waals surface area (Å²) < 4.78 is 5.16. The summed E-state index contributed by atoms with van der Waals surface area (Å²) in [7, 11) is 0. The topological polar surface area (TPSA) is 53.3 Å². The third kappa shape index (κ3) is 1.56. The van der Waals surface area contributed by atoms with Crippen LogP contribution in [0.25, 0.3) is 0 Å². The second-order valence-electron chi connectivity index (χ2n) is 3.84. The van der Waals surface area contributed by atoms with Crippen molar-refractivity contribution in [1.82, 2.24) is 10.6 Å². The maximum atomic E-state index is 11.8. The van der Waals surface area contributed by atoms with Gasteiger partial charge in [-0.15, -0.1) is 0 Å². The summed E-state index contributed by atoms with van der Waals surface area (Å²) in [5.41, 5.74) is 7.09. The van der Waals surface area contributed by atoms with Gasteiger partial charge in [0.1, 0.15) is 5.54 Å². The van der Waals surface area contributed by atoms with Crippen LogP contribution in [0.1, 0.15) is 19.3 Å². The van der Waals surface area contributed by atoms with Crippen molar-refractivity contribution in [1.29, 1.82) is 0 Å². The van der Waals surface area contributed by atoms with E-state index in [1.54, 1.807) is 4.90 Å². The zero-order valence-corrected chi connectivity index (χ0v) is 7.71. The first-order chi connectivity index (χ1) is 6.22. The monoisotopic (exact) mass is 183 g/mol. The van der Waals surface area contributed by atoms with Crippen LogP contribution in [0.4, 0.5) is 0 Å². The first-order valence-corrected chi connectivity index (χ1v) is 4.84. The van der Waals surface area contributed by atoms with Gasteiger partial charge in [-0.05, 0) is 19.3 Å². The Hall–Kier alpha value is -0.610. The SMILES string of the molecule is [NH]C1(C(=O)N2CCOCC2)CCC1. The molecule has 0 bridgehead atoms. The van der Waals surface area contributed by atoms with E-state index >= 15 is 0 Å². The Morgan fingerprint density at radius 3 is 2.38 bits per heavy atom. The maximum Gasteiger partial charge on any atom is 0.244 e. The molecule has 1 saturated heterocycles. The number of amides is 1. The normalized spacial score (nSPS) is 26.7. The molecule has 1 radical (unpaired) electrons. The molecule has 1 aliphatic carbocycles. The Balaban J connectivity index is 1.95. The van der Waals surface area contributed by atoms with Gasteiger partial charge >= 0.3 is 0 Å². The molecule has 4 nitrogen and oxygen atoms in total. The minimum atomic E-state index is -0.780. The minimum absolute atomic E-state index is 0.0158. The van der Waals surface area contributed by atoms with Crippen LogP contribution in [0, 0.1) is 0 Å². The van der Waals surface area contributed by atoms with Crippen molar-refractivity contribution >= 4 is 5.91 Å². The highest BCUT2D eigenvalue weighted by atomic mass is 16.5. The van der Waals surface area contributed by atoms with Gasteiger partial charge in [0.05, 0.1) is 13.2 Å². The van der Waals surface area contributed by atoms with Crippen LogP contribution in [0.2, 0.25) is 0 Å². The minimum Gasteiger partial charge on any atom is -0.378 e. The van der Waals surface area contributed by atoms with Crippen molar-refractivity contribution < 1.29 is 9.53 Å². The lowest BCUT2D eigenvalue weighted by Crippen LogP contribution is -2.56. The van der Waals surface area contributed by atoms with Gasteiger partial charge in [0.15, 0.2) is 0 Å². The predicted molar refractivity (Wildman–Crippen MR) is 47.1 cm³/mol. The molecule has 13 heavy (non-hydrogen) atoms. The molecule has 1 saturated carbocycles. The van der Waals surface area contributed by atoms with Crippen molar-refractivity contribution in [2.45, 2.75) is 24.8 Å². The van der Waals surface area contributed by atoms with Crippen LogP contribution in [0.5, 0.6) is 0 Å². The molecule has 0 aromatic rings. The largest absolute Gasteiger partial charge is 0.378 e. The first-order valence-electron chi connectivity index (χ1n) is 4.84. The van der Waals surface area contributed by atoms with E-state index in [0.717, 1.165) is 19.3 Å². The molecule has 4 heteroatoms. The summed E-state index contributed by atoms with van der Waals surface area (Å²) in [6.07, 6.45) is 2.51. The Labute approximate surface area is 78.0 Å². The summed E-state index contributed by atoms with van der Waals surface area (Å²) in [4.78, 5) is 13.6. The van der Waals surface area contributed by atoms with Crippen molar-refractivity contribution in [3.63, 3.8) is 0 Å². The molecule has 0 aromatic carbocycles. The second-order valence-corrected chi connectivity index (χ2v) is 3.84. The lowest BCUT2D eigenvalue weighted by Gasteiger charge is -2.40. The molecule has 2 rings (SSSR count). The number of ether oxygens (including phenoxy) is 1. The smallest absolute Gasteiger partial charge is 0.244 e. The lowest BCUT2D eigenvalue weighted by atomic mass is 9.76. The highest BCUT2D eigenvalue weighted by molar-refractivity contribution is 5.87. The molecule has 2 fully saturated rings. The van der Waals surface area contributed by atoms with Gasteiger partial charge in [-0.25, -0.2) is 5.73 Å². The van der Waals surface area contributed by atoms with Crippen molar-refractivity contribution in [3.8, 4) is 0 Å². The highest BCUT2D eigenvalue weighted by Crippen LogP contribution is 2.32. The van der Waals surface area contributed by atoms with E-state index in [4.69, 9.17) is 10.5 Å². The Morgan fingerprint density at radius 2 is 1.92 bits per heavy atom. The van der Waals surface area contributed by atoms with Crippen molar-refractivity contribution in [2.75, 3.05) is 26.3 Å². The molecular weight excluding hydrogens is 168 g/mol. The fourth-order valence-electron chi connectivity index (χ4n) is 1.81. The summed E-state index contributed by atoms with van der Waals surface area (Å²) >= 11 is 0. The van der Waals surface area contributed by atoms with E-state index in [2.05, 4.69) is 0 Å². The molecule has 1 N–H and O–H groups in total. The van der Waals surface area contributed by atoms with E-state index in [9.17, 15) is 4.79 Å². The van der Waals surface area contributed by atoms with Gasteiger partial charge in [0.25, 0.3) is 0 Å². The first kappa shape index (κ1) is 8.97. The summed E-state index contributed by atoms with van der Waals surface area (Å²) in [5, 5.41) is 0. The quantitative estimate of drug-likeness (QED) is 0.577. The summed E-state index contributed by atoms with van der Waals surface area (Å²) in [5.74, 6) is 0.0158. The third-order valence-corrected chi connectivity index (χ3v) is 2.91. The van der Waals surface area contributed by atoms with Crippen LogP contribution < -0.4 is 5.73 Å². The molecule has 2 aliphatic rings. The van der Waals surface area contributed by atoms with Crippen molar-refractivity contribution in [3.05, 3.63) is 0 Å². The second kappa shape index (κ2) is 3.27. The van der Waals surface area contributed by atoms with E-state index in [0.29, 0.717) is 26.3 Å². The average Bonchev–Trinajstić information content (AvgIpc) is 2.14. The molecule has 0 aromatic heterocycles. The predicted octanol–water partition coefficient (Wildman–Crippen LogP) is 0.0508. The number of morpholine rings is 1. The van der Waals surface area contributed by atoms with Gasteiger partial charge in [-0.3, -0.25) is 4.79 Å². The van der Waals surface area contributed by atoms with E-state index in [1.165, 1.54) is 0 Å². The molecule has 0 unspecified atom stereocenters. The fourth-order valence-corrected chi connectivity index (χ4v) is 1.81. The molecule has 0 atom stereocenters. The van der Waals surface area contributed by atoms with E-state index < -0.39 is 5.54 Å². The van der Waals surface area contributed by atoms with Crippen LogP contribution in [-0.4, -0.2) is 42.6 Å². The van der Waals surface area contributed by atoms with E-state index in [1.807, 2.05) is 0 Å². The molecule has 1 aliphatic heterocycles. The average molecular weight is 183 g/mol. The molecule has 73 valence electrons. The van der Waals surface area contributed by atoms with Gasteiger partial charge < -0.3 is 9.64 Å². The third-order valence-electron chi connectivity index (χ3n) is 2.91. The van der Waals surface area contributed by atoms with Crippen molar-refractivity contribution in [2.24, 2.45) is 0 Å². The maximum absolute atomic E-state index is 11.8. The van der Waals surface area contributed by atoms with E-state index in [-0.39, 0.29) is 5.91 Å². The lowest BCUT2D eigenvalue weighted by molar-refractivity contribution is -0.144. The zero-order chi connectivity index (χ0) is 9.31. The number of carbonyl (C=O) groups excluding carboxylic acids is 1. The number of nitrogens with one attached hydrogen (secondary N) is 1. The number of nitrogens with zero attached hydrogens (tertiary/aromatic N) is 1. The number of carbonyl (C=O) groups is 1. The van der Waals surface area contributed by atoms with Gasteiger partial charge in [0.2, 0.25) is 5.91 Å². The van der Waals surface area contributed by atoms with Crippen LogP contribution >= 0.6 is 0 Å². The summed E-state index contributed by atoms with van der Waals surface area (Å²) in [6, 6.07) is 0. The Bertz CT molecular complexity index is 208. The highest BCUT2D eigenvalue weighted by Gasteiger charge is 2.43. The standard InChI is InChI=1S/C9H15N2O2/c10-9(2-1-3-9)8(12)11-4-6-13-7-5-11/h10H,1-7H2. The molecule has 0 spiro atoms. The Kier molecular flexibility index (Phi) is 2.26. The van der Waals surface area contributed by atoms with Gasteiger partial charge in [0, 0.05) is 13.1 Å². The fraction of sp³-hybridized carbons (Fsp3) is 0.889. The van der Waals surface area contributed by atoms with Crippen LogP contribution in [-0.2, 0) is 9.53 Å². The van der Waals surface area contributed by atoms with Crippen LogP contribution in [0.15, 0.2) is 0 Å². The van der Waals surface area contributed by atoms with Crippen LogP contribution in [0.3, 0.4) is 0 Å². The number of rotatable bonds is 1.